The van der Waals surface area contributed by atoms with Crippen molar-refractivity contribution in [1.82, 2.24) is 4.98 Å². The summed E-state index contributed by atoms with van der Waals surface area (Å²) in [5.41, 5.74) is 4.57. The molecular formula is C21H21NO2. The standard InChI is InChI=1S/C20H17NO.CH4O/c1-3-6-15-9-11-16(12-10-15)20-13-18(14(2)22)17-7-4-5-8-19(17)21-20;1-2/h3-13H,1-2H3;2H,1H3/b6-3+;. The number of hydrogen-bond acceptors (Lipinski definition) is 3. The molecule has 24 heavy (non-hydrogen) atoms. The Bertz CT molecular complexity index is 865. The number of benzene rings is 2. The van der Waals surface area contributed by atoms with Crippen molar-refractivity contribution in [1.29, 1.82) is 0 Å². The molecule has 3 aromatic rings. The number of fused-ring (bicyclic) bond motifs is 1. The van der Waals surface area contributed by atoms with Crippen LogP contribution in [0.5, 0.6) is 0 Å². The smallest absolute Gasteiger partial charge is 0.160 e. The molecule has 1 aromatic heterocycles. The Morgan fingerprint density at radius 1 is 1.04 bits per heavy atom. The first-order valence-corrected chi connectivity index (χ1v) is 7.77. The average Bonchev–Trinajstić information content (AvgIpc) is 2.63. The van der Waals surface area contributed by atoms with Crippen molar-refractivity contribution in [3.05, 3.63) is 71.8 Å². The van der Waals surface area contributed by atoms with Gasteiger partial charge < -0.3 is 5.11 Å². The maximum Gasteiger partial charge on any atom is 0.160 e. The molecule has 0 aliphatic carbocycles. The van der Waals surface area contributed by atoms with Crippen molar-refractivity contribution in [2.75, 3.05) is 7.11 Å². The normalized spacial score (nSPS) is 10.5. The topological polar surface area (TPSA) is 50.2 Å². The zero-order valence-corrected chi connectivity index (χ0v) is 14.2. The van der Waals surface area contributed by atoms with Gasteiger partial charge in [0, 0.05) is 23.6 Å². The number of ketones is 1. The Labute approximate surface area is 142 Å². The van der Waals surface area contributed by atoms with Gasteiger partial charge in [-0.15, -0.1) is 0 Å². The van der Waals surface area contributed by atoms with Crippen LogP contribution in [0.2, 0.25) is 0 Å². The minimum atomic E-state index is 0.0605. The summed E-state index contributed by atoms with van der Waals surface area (Å²) in [4.78, 5) is 16.6. The fourth-order valence-corrected chi connectivity index (χ4v) is 2.57. The van der Waals surface area contributed by atoms with E-state index in [1.807, 2.05) is 55.5 Å². The van der Waals surface area contributed by atoms with Crippen molar-refractivity contribution in [2.24, 2.45) is 0 Å². The summed E-state index contributed by atoms with van der Waals surface area (Å²) in [6.45, 7) is 3.60. The van der Waals surface area contributed by atoms with E-state index >= 15 is 0 Å². The fourth-order valence-electron chi connectivity index (χ4n) is 2.57. The number of carbonyl (C=O) groups excluding carboxylic acids is 1. The first-order valence-electron chi connectivity index (χ1n) is 7.77. The molecule has 0 atom stereocenters. The minimum absolute atomic E-state index is 0.0605. The minimum Gasteiger partial charge on any atom is -0.400 e. The maximum absolute atomic E-state index is 11.9. The molecule has 3 rings (SSSR count). The number of aliphatic hydroxyl groups excluding tert-OH is 1. The van der Waals surface area contributed by atoms with Crippen molar-refractivity contribution >= 4 is 22.8 Å². The lowest BCUT2D eigenvalue weighted by atomic mass is 10.0. The molecule has 0 saturated heterocycles. The molecule has 3 nitrogen and oxygen atoms in total. The van der Waals surface area contributed by atoms with Crippen LogP contribution in [-0.4, -0.2) is 23.0 Å². The van der Waals surface area contributed by atoms with Crippen LogP contribution >= 0.6 is 0 Å². The summed E-state index contributed by atoms with van der Waals surface area (Å²) in [5, 5.41) is 7.91. The number of aliphatic hydroxyl groups is 1. The zero-order chi connectivity index (χ0) is 17.5. The molecule has 3 heteroatoms. The van der Waals surface area contributed by atoms with Crippen molar-refractivity contribution in [3.63, 3.8) is 0 Å². The van der Waals surface area contributed by atoms with Crippen LogP contribution < -0.4 is 0 Å². The van der Waals surface area contributed by atoms with E-state index < -0.39 is 0 Å². The predicted molar refractivity (Wildman–Crippen MR) is 100 cm³/mol. The third kappa shape index (κ3) is 3.76. The quantitative estimate of drug-likeness (QED) is 0.709. The first-order chi connectivity index (χ1) is 11.7. The Balaban J connectivity index is 0.00000100. The molecule has 0 spiro atoms. The van der Waals surface area contributed by atoms with Crippen LogP contribution in [0.15, 0.2) is 60.7 Å². The summed E-state index contributed by atoms with van der Waals surface area (Å²) in [6, 6.07) is 17.8. The second-order valence-corrected chi connectivity index (χ2v) is 5.25. The van der Waals surface area contributed by atoms with Crippen LogP contribution in [0.1, 0.15) is 29.8 Å². The van der Waals surface area contributed by atoms with E-state index in [1.165, 1.54) is 0 Å². The number of rotatable bonds is 3. The van der Waals surface area contributed by atoms with Crippen LogP contribution in [0.25, 0.3) is 28.2 Å². The molecular weight excluding hydrogens is 298 g/mol. The summed E-state index contributed by atoms with van der Waals surface area (Å²) < 4.78 is 0. The second kappa shape index (κ2) is 8.18. The average molecular weight is 319 g/mol. The lowest BCUT2D eigenvalue weighted by molar-refractivity contribution is 0.101. The molecule has 2 aromatic carbocycles. The molecule has 0 fully saturated rings. The molecule has 0 radical (unpaired) electrons. The number of nitrogens with zero attached hydrogens (tertiary/aromatic N) is 1. The summed E-state index contributed by atoms with van der Waals surface area (Å²) in [5.74, 6) is 0.0605. The Morgan fingerprint density at radius 3 is 2.33 bits per heavy atom. The highest BCUT2D eigenvalue weighted by atomic mass is 16.2. The molecule has 0 amide bonds. The zero-order valence-electron chi connectivity index (χ0n) is 14.2. The summed E-state index contributed by atoms with van der Waals surface area (Å²) in [7, 11) is 1.00. The van der Waals surface area contributed by atoms with E-state index in [9.17, 15) is 4.79 Å². The Kier molecular flexibility index (Phi) is 5.99. The van der Waals surface area contributed by atoms with Gasteiger partial charge in [0.15, 0.2) is 5.78 Å². The SMILES string of the molecule is C/C=C/c1ccc(-c2cc(C(C)=O)c3ccccc3n2)cc1.CO. The number of pyridine rings is 1. The molecule has 1 heterocycles. The highest BCUT2D eigenvalue weighted by molar-refractivity contribution is 6.07. The molecule has 0 saturated carbocycles. The van der Waals surface area contributed by atoms with E-state index in [1.54, 1.807) is 6.92 Å². The van der Waals surface area contributed by atoms with Gasteiger partial charge in [0.2, 0.25) is 0 Å². The molecule has 0 aliphatic rings. The van der Waals surface area contributed by atoms with Crippen molar-refractivity contribution < 1.29 is 9.90 Å². The highest BCUT2D eigenvalue weighted by Gasteiger charge is 2.10. The van der Waals surface area contributed by atoms with E-state index in [2.05, 4.69) is 18.2 Å². The van der Waals surface area contributed by atoms with Crippen LogP contribution in [0.3, 0.4) is 0 Å². The number of allylic oxidation sites excluding steroid dienone is 1. The van der Waals surface area contributed by atoms with Crippen LogP contribution in [-0.2, 0) is 0 Å². The number of aromatic nitrogens is 1. The molecule has 0 unspecified atom stereocenters. The van der Waals surface area contributed by atoms with Crippen molar-refractivity contribution in [2.45, 2.75) is 13.8 Å². The number of Topliss-reactive ketones (excluding diaryl/α,β-unsaturated/α-hetero) is 1. The monoisotopic (exact) mass is 319 g/mol. The van der Waals surface area contributed by atoms with Gasteiger partial charge in [-0.1, -0.05) is 54.6 Å². The third-order valence-corrected chi connectivity index (χ3v) is 3.66. The van der Waals surface area contributed by atoms with Gasteiger partial charge in [-0.2, -0.15) is 0 Å². The molecule has 1 N–H and O–H groups in total. The molecule has 0 bridgehead atoms. The van der Waals surface area contributed by atoms with Gasteiger partial charge >= 0.3 is 0 Å². The first kappa shape index (κ1) is 17.6. The fraction of sp³-hybridized carbons (Fsp3) is 0.143. The Hall–Kier alpha value is -2.78. The second-order valence-electron chi connectivity index (χ2n) is 5.25. The van der Waals surface area contributed by atoms with Gasteiger partial charge in [0.05, 0.1) is 11.2 Å². The lowest BCUT2D eigenvalue weighted by Crippen LogP contribution is -1.97. The van der Waals surface area contributed by atoms with Gasteiger partial charge in [-0.25, -0.2) is 4.98 Å². The van der Waals surface area contributed by atoms with Gasteiger partial charge in [0.1, 0.15) is 0 Å². The summed E-state index contributed by atoms with van der Waals surface area (Å²) >= 11 is 0. The summed E-state index contributed by atoms with van der Waals surface area (Å²) in [6.07, 6.45) is 4.07. The van der Waals surface area contributed by atoms with Crippen LogP contribution in [0.4, 0.5) is 0 Å². The van der Waals surface area contributed by atoms with Crippen molar-refractivity contribution in [3.8, 4) is 11.3 Å². The molecule has 0 aliphatic heterocycles. The van der Waals surface area contributed by atoms with E-state index in [4.69, 9.17) is 10.1 Å². The van der Waals surface area contributed by atoms with Crippen LogP contribution in [0, 0.1) is 0 Å². The largest absolute Gasteiger partial charge is 0.400 e. The lowest BCUT2D eigenvalue weighted by Gasteiger charge is -2.08. The number of para-hydroxylation sites is 1. The maximum atomic E-state index is 11.9. The molecule has 122 valence electrons. The highest BCUT2D eigenvalue weighted by Crippen LogP contribution is 2.25. The Morgan fingerprint density at radius 2 is 1.71 bits per heavy atom. The van der Waals surface area contributed by atoms with E-state index in [-0.39, 0.29) is 5.78 Å². The van der Waals surface area contributed by atoms with E-state index in [0.717, 1.165) is 40.4 Å². The number of hydrogen-bond donors (Lipinski definition) is 1. The predicted octanol–water partition coefficient (Wildman–Crippen LogP) is 4.75. The van der Waals surface area contributed by atoms with Gasteiger partial charge in [-0.3, -0.25) is 4.79 Å². The number of carbonyl (C=O) groups is 1. The third-order valence-electron chi connectivity index (χ3n) is 3.66. The van der Waals surface area contributed by atoms with E-state index in [0.29, 0.717) is 0 Å². The van der Waals surface area contributed by atoms with Gasteiger partial charge in [0.25, 0.3) is 0 Å². The van der Waals surface area contributed by atoms with Gasteiger partial charge in [-0.05, 0) is 31.5 Å².